The summed E-state index contributed by atoms with van der Waals surface area (Å²) in [5.41, 5.74) is 11.3. The van der Waals surface area contributed by atoms with Crippen molar-refractivity contribution in [2.45, 2.75) is 31.3 Å². The number of nitrogens with zero attached hydrogens (tertiary/aromatic N) is 1. The Labute approximate surface area is 152 Å². The first-order valence-corrected chi connectivity index (χ1v) is 8.13. The van der Waals surface area contributed by atoms with Crippen molar-refractivity contribution >= 4 is 17.8 Å². The van der Waals surface area contributed by atoms with E-state index in [2.05, 4.69) is 10.6 Å². The van der Waals surface area contributed by atoms with Crippen LogP contribution in [0.2, 0.25) is 0 Å². The highest BCUT2D eigenvalue weighted by Crippen LogP contribution is 2.12. The molecule has 0 aliphatic rings. The first-order chi connectivity index (χ1) is 12.2. The van der Waals surface area contributed by atoms with Crippen LogP contribution in [0.15, 0.2) is 24.3 Å². The van der Waals surface area contributed by atoms with Gasteiger partial charge in [0, 0.05) is 20.0 Å². The predicted octanol–water partition coefficient (Wildman–Crippen LogP) is -1.66. The van der Waals surface area contributed by atoms with Crippen LogP contribution in [-0.2, 0) is 16.0 Å². The van der Waals surface area contributed by atoms with Crippen molar-refractivity contribution in [3.8, 4) is 5.75 Å². The van der Waals surface area contributed by atoms with Gasteiger partial charge in [-0.05, 0) is 30.5 Å². The number of amides is 2. The van der Waals surface area contributed by atoms with Crippen LogP contribution in [0.3, 0.4) is 0 Å². The molecule has 0 aromatic heterocycles. The Hall–Kier alpha value is -2.85. The van der Waals surface area contributed by atoms with Gasteiger partial charge in [-0.25, -0.2) is 5.01 Å². The predicted molar refractivity (Wildman–Crippen MR) is 97.8 cm³/mol. The van der Waals surface area contributed by atoms with Crippen LogP contribution >= 0.6 is 0 Å². The number of hydrogen-bond donors (Lipinski definition) is 7. The van der Waals surface area contributed by atoms with Gasteiger partial charge in [-0.2, -0.15) is 0 Å². The molecule has 0 aliphatic heterocycles. The van der Waals surface area contributed by atoms with Gasteiger partial charge in [0.05, 0.1) is 0 Å². The van der Waals surface area contributed by atoms with Crippen LogP contribution in [0, 0.1) is 5.41 Å². The molecule has 1 aromatic carbocycles. The molecule has 0 aliphatic carbocycles. The van der Waals surface area contributed by atoms with Crippen LogP contribution in [0.1, 0.15) is 18.4 Å². The highest BCUT2D eigenvalue weighted by atomic mass is 16.3. The molecular formula is C16H27N7O3. The standard InChI is InChI=1S/C16H27N7O3/c1-23(20)13(3-2-8-21-16(18)19)15(26)22-12(14(17)25)9-10-4-6-11(24)7-5-10/h4-7,12-13,24H,2-3,8-9,20H2,1H3,(H2,17,25)(H,22,26)(H4,18,19,21)/t12-,13-/m0/s1. The molecule has 10 N–H and O–H groups in total. The average Bonchev–Trinajstić information content (AvgIpc) is 2.55. The van der Waals surface area contributed by atoms with Gasteiger partial charge in [0.25, 0.3) is 0 Å². The van der Waals surface area contributed by atoms with Gasteiger partial charge in [0.2, 0.25) is 11.8 Å². The second-order valence-electron chi connectivity index (χ2n) is 6.00. The molecule has 0 heterocycles. The molecule has 10 nitrogen and oxygen atoms in total. The first-order valence-electron chi connectivity index (χ1n) is 8.13. The Bertz CT molecular complexity index is 619. The monoisotopic (exact) mass is 365 g/mol. The number of primary amides is 1. The van der Waals surface area contributed by atoms with Crippen molar-refractivity contribution in [1.82, 2.24) is 15.6 Å². The Morgan fingerprint density at radius 1 is 1.27 bits per heavy atom. The van der Waals surface area contributed by atoms with Crippen molar-refractivity contribution in [1.29, 1.82) is 5.41 Å². The summed E-state index contributed by atoms with van der Waals surface area (Å²) in [6, 6.07) is 4.73. The van der Waals surface area contributed by atoms with E-state index in [1.54, 1.807) is 19.2 Å². The topological polar surface area (TPSA) is 184 Å². The fraction of sp³-hybridized carbons (Fsp3) is 0.438. The number of likely N-dealkylation sites (N-methyl/N-ethyl adjacent to an activating group) is 1. The molecule has 0 bridgehead atoms. The van der Waals surface area contributed by atoms with Gasteiger partial charge in [-0.15, -0.1) is 0 Å². The van der Waals surface area contributed by atoms with Crippen LogP contribution < -0.4 is 27.9 Å². The number of nitrogens with one attached hydrogen (secondary N) is 3. The molecule has 0 unspecified atom stereocenters. The van der Waals surface area contributed by atoms with E-state index < -0.39 is 23.9 Å². The lowest BCUT2D eigenvalue weighted by atomic mass is 10.0. The van der Waals surface area contributed by atoms with Gasteiger partial charge >= 0.3 is 0 Å². The number of nitrogens with two attached hydrogens (primary N) is 3. The second-order valence-corrected chi connectivity index (χ2v) is 6.00. The molecule has 0 saturated heterocycles. The maximum atomic E-state index is 12.5. The van der Waals surface area contributed by atoms with Crippen molar-refractivity contribution in [2.24, 2.45) is 17.3 Å². The number of rotatable bonds is 10. The van der Waals surface area contributed by atoms with Gasteiger partial charge < -0.3 is 27.2 Å². The van der Waals surface area contributed by atoms with Gasteiger partial charge in [-0.3, -0.25) is 20.8 Å². The zero-order valence-electron chi connectivity index (χ0n) is 14.7. The smallest absolute Gasteiger partial charge is 0.240 e. The van der Waals surface area contributed by atoms with Crippen LogP contribution in [0.25, 0.3) is 0 Å². The van der Waals surface area contributed by atoms with Gasteiger partial charge in [0.1, 0.15) is 17.8 Å². The van der Waals surface area contributed by atoms with Gasteiger partial charge in [-0.1, -0.05) is 12.1 Å². The number of aromatic hydroxyl groups is 1. The quantitative estimate of drug-likeness (QED) is 0.0850. The zero-order valence-corrected chi connectivity index (χ0v) is 14.7. The second kappa shape index (κ2) is 10.2. The van der Waals surface area contributed by atoms with Gasteiger partial charge in [0.15, 0.2) is 5.96 Å². The maximum absolute atomic E-state index is 12.5. The minimum Gasteiger partial charge on any atom is -0.508 e. The lowest BCUT2D eigenvalue weighted by molar-refractivity contribution is -0.130. The van der Waals surface area contributed by atoms with Crippen LogP contribution in [0.4, 0.5) is 0 Å². The molecule has 0 saturated carbocycles. The highest BCUT2D eigenvalue weighted by Gasteiger charge is 2.26. The Morgan fingerprint density at radius 3 is 2.38 bits per heavy atom. The molecule has 144 valence electrons. The minimum atomic E-state index is -0.898. The molecule has 0 spiro atoms. The highest BCUT2D eigenvalue weighted by molar-refractivity contribution is 5.89. The lowest BCUT2D eigenvalue weighted by Gasteiger charge is -2.25. The molecule has 2 atom stereocenters. The van der Waals surface area contributed by atoms with Crippen molar-refractivity contribution < 1.29 is 14.7 Å². The maximum Gasteiger partial charge on any atom is 0.240 e. The van der Waals surface area contributed by atoms with E-state index in [4.69, 9.17) is 22.7 Å². The number of carbonyl (C=O) groups is 2. The normalized spacial score (nSPS) is 13.0. The summed E-state index contributed by atoms with van der Waals surface area (Å²) in [6.45, 7) is 0.430. The number of phenolic OH excluding ortho intramolecular Hbond substituents is 1. The van der Waals surface area contributed by atoms with Crippen molar-refractivity contribution in [3.63, 3.8) is 0 Å². The van der Waals surface area contributed by atoms with E-state index in [1.807, 2.05) is 0 Å². The van der Waals surface area contributed by atoms with E-state index >= 15 is 0 Å². The summed E-state index contributed by atoms with van der Waals surface area (Å²) in [5, 5.41) is 22.9. The summed E-state index contributed by atoms with van der Waals surface area (Å²) in [6.07, 6.45) is 1.16. The van der Waals surface area contributed by atoms with E-state index in [0.717, 1.165) is 5.56 Å². The molecule has 0 fully saturated rings. The first kappa shape index (κ1) is 21.2. The average molecular weight is 365 g/mol. The molecule has 26 heavy (non-hydrogen) atoms. The number of guanidine groups is 1. The van der Waals surface area contributed by atoms with E-state index in [9.17, 15) is 14.7 Å². The van der Waals surface area contributed by atoms with Crippen molar-refractivity contribution in [3.05, 3.63) is 29.8 Å². The SMILES string of the molecule is CN(N)[C@@H](CCCNC(=N)N)C(=O)N[C@@H](Cc1ccc(O)cc1)C(N)=O. The third-order valence-corrected chi connectivity index (χ3v) is 3.80. The summed E-state index contributed by atoms with van der Waals surface area (Å²) >= 11 is 0. The number of hydrazine groups is 1. The minimum absolute atomic E-state index is 0.109. The summed E-state index contributed by atoms with van der Waals surface area (Å²) in [5.74, 6) is 4.63. The van der Waals surface area contributed by atoms with Crippen LogP contribution in [0.5, 0.6) is 5.75 Å². The molecule has 10 heteroatoms. The number of phenols is 1. The van der Waals surface area contributed by atoms with Crippen LogP contribution in [-0.4, -0.2) is 53.6 Å². The largest absolute Gasteiger partial charge is 0.508 e. The Morgan fingerprint density at radius 2 is 1.88 bits per heavy atom. The van der Waals surface area contributed by atoms with E-state index in [-0.39, 0.29) is 18.1 Å². The number of benzene rings is 1. The summed E-state index contributed by atoms with van der Waals surface area (Å²) in [4.78, 5) is 24.2. The third kappa shape index (κ3) is 7.36. The fourth-order valence-electron chi connectivity index (χ4n) is 2.40. The molecular weight excluding hydrogens is 338 g/mol. The zero-order chi connectivity index (χ0) is 19.7. The van der Waals surface area contributed by atoms with E-state index in [1.165, 1.54) is 17.1 Å². The van der Waals surface area contributed by atoms with E-state index in [0.29, 0.717) is 19.4 Å². The summed E-state index contributed by atoms with van der Waals surface area (Å²) < 4.78 is 0. The third-order valence-electron chi connectivity index (χ3n) is 3.80. The molecule has 0 radical (unpaired) electrons. The number of hydrogen-bond acceptors (Lipinski definition) is 6. The molecule has 2 amide bonds. The molecule has 1 aromatic rings. The lowest BCUT2D eigenvalue weighted by Crippen LogP contribution is -2.54. The molecule has 1 rings (SSSR count). The Kier molecular flexibility index (Phi) is 8.32. The fourth-order valence-corrected chi connectivity index (χ4v) is 2.40. The summed E-state index contributed by atoms with van der Waals surface area (Å²) in [7, 11) is 1.56. The number of carbonyl (C=O) groups excluding carboxylic acids is 2. The Balaban J connectivity index is 2.68. The van der Waals surface area contributed by atoms with Crippen molar-refractivity contribution in [2.75, 3.05) is 13.6 Å².